The molecule has 7 heteroatoms. The Kier molecular flexibility index (Phi) is 4.21. The van der Waals surface area contributed by atoms with E-state index in [4.69, 9.17) is 5.21 Å². The Hall–Kier alpha value is -0.650. The molecule has 3 nitrogen and oxygen atoms in total. The van der Waals surface area contributed by atoms with E-state index in [0.717, 1.165) is 0 Å². The fourth-order valence-electron chi connectivity index (χ4n) is 0.0567. The summed E-state index contributed by atoms with van der Waals surface area (Å²) in [6, 6.07) is 0. The van der Waals surface area contributed by atoms with E-state index in [1.165, 1.54) is 0 Å². The first-order valence-electron chi connectivity index (χ1n) is 1.53. The van der Waals surface area contributed by atoms with E-state index in [1.807, 2.05) is 0 Å². The number of nitrogens with two attached hydrogens (primary N) is 1. The summed E-state index contributed by atoms with van der Waals surface area (Å²) in [7, 11) is 0. The van der Waals surface area contributed by atoms with Gasteiger partial charge in [-0.25, -0.2) is 0 Å². The number of amidine groups is 1. The van der Waals surface area contributed by atoms with Crippen LogP contribution in [0, 0.1) is 0 Å². The molecule has 56 valence electrons. The summed E-state index contributed by atoms with van der Waals surface area (Å²) in [6.07, 6.45) is -4.71. The Labute approximate surface area is 54.7 Å². The molecule has 0 aromatic rings. The van der Waals surface area contributed by atoms with Crippen LogP contribution in [0.15, 0.2) is 5.16 Å². The first-order valence-corrected chi connectivity index (χ1v) is 1.53. The van der Waals surface area contributed by atoms with Gasteiger partial charge in [0, 0.05) is 0 Å². The molecular weight excluding hydrogens is 160 g/mol. The molecule has 0 saturated carbocycles. The van der Waals surface area contributed by atoms with Crippen LogP contribution in [-0.4, -0.2) is 17.2 Å². The van der Waals surface area contributed by atoms with Crippen LogP contribution in [0.3, 0.4) is 0 Å². The topological polar surface area (TPSA) is 58.6 Å². The van der Waals surface area contributed by atoms with Crippen LogP contribution in [0.4, 0.5) is 13.2 Å². The van der Waals surface area contributed by atoms with Crippen molar-refractivity contribution in [3.8, 4) is 0 Å². The molecule has 9 heavy (non-hydrogen) atoms. The van der Waals surface area contributed by atoms with Gasteiger partial charge in [0.2, 0.25) is 5.84 Å². The molecule has 0 aliphatic rings. The Morgan fingerprint density at radius 3 is 1.78 bits per heavy atom. The molecule has 3 N–H and O–H groups in total. The van der Waals surface area contributed by atoms with Gasteiger partial charge in [0.05, 0.1) is 0 Å². The molecule has 0 bridgehead atoms. The van der Waals surface area contributed by atoms with Crippen LogP contribution in [0.1, 0.15) is 0 Å². The van der Waals surface area contributed by atoms with Crippen molar-refractivity contribution in [3.05, 3.63) is 0 Å². The predicted molar refractivity (Wildman–Crippen MR) is 19.5 cm³/mol. The van der Waals surface area contributed by atoms with E-state index in [-0.39, 0.29) is 12.4 Å². The molecule has 0 atom stereocenters. The molecule has 0 rings (SSSR count). The zero-order valence-corrected chi connectivity index (χ0v) is 4.74. The van der Waals surface area contributed by atoms with Gasteiger partial charge in [-0.3, -0.25) is 0 Å². The SMILES string of the molecule is NC(=NO)C(F)(F)F.[Cl-]. The summed E-state index contributed by atoms with van der Waals surface area (Å²) in [5.41, 5.74) is 4.12. The highest BCUT2D eigenvalue weighted by molar-refractivity contribution is 5.85. The molecule has 0 aromatic heterocycles. The number of rotatable bonds is 0. The van der Waals surface area contributed by atoms with Crippen LogP contribution in [0.5, 0.6) is 0 Å². The van der Waals surface area contributed by atoms with Gasteiger partial charge >= 0.3 is 6.18 Å². The van der Waals surface area contributed by atoms with E-state index in [2.05, 4.69) is 5.73 Å². The number of nitrogens with zero attached hydrogens (tertiary/aromatic N) is 1. The molecular formula is C2H3ClF3N2O-. The molecule has 0 aliphatic carbocycles. The van der Waals surface area contributed by atoms with E-state index in [0.29, 0.717) is 0 Å². The summed E-state index contributed by atoms with van der Waals surface area (Å²) in [6.45, 7) is 0. The number of hydrogen-bond acceptors (Lipinski definition) is 2. The van der Waals surface area contributed by atoms with Gasteiger partial charge in [0.25, 0.3) is 0 Å². The molecule has 0 unspecified atom stereocenters. The molecule has 0 saturated heterocycles. The Balaban J connectivity index is 0. The van der Waals surface area contributed by atoms with Crippen LogP contribution in [0.2, 0.25) is 0 Å². The average Bonchev–Trinajstić information content (AvgIpc) is 1.62. The zero-order chi connectivity index (χ0) is 6.78. The minimum absolute atomic E-state index is 0. The van der Waals surface area contributed by atoms with Crippen LogP contribution in [-0.2, 0) is 0 Å². The minimum atomic E-state index is -4.71. The molecule has 0 aliphatic heterocycles. The first-order chi connectivity index (χ1) is 3.48. The quantitative estimate of drug-likeness (QED) is 0.177. The third-order valence-corrected chi connectivity index (χ3v) is 0.398. The van der Waals surface area contributed by atoms with Crippen molar-refractivity contribution in [2.24, 2.45) is 10.9 Å². The van der Waals surface area contributed by atoms with E-state index in [9.17, 15) is 13.2 Å². The van der Waals surface area contributed by atoms with Crippen LogP contribution in [0.25, 0.3) is 0 Å². The lowest BCUT2D eigenvalue weighted by atomic mass is 10.6. The summed E-state index contributed by atoms with van der Waals surface area (Å²) >= 11 is 0. The number of oxime groups is 1. The van der Waals surface area contributed by atoms with Gasteiger partial charge in [-0.15, -0.1) is 0 Å². The molecule has 0 aromatic carbocycles. The molecule has 0 fully saturated rings. The maximum Gasteiger partial charge on any atom is 0.452 e. The fourth-order valence-corrected chi connectivity index (χ4v) is 0.0567. The van der Waals surface area contributed by atoms with Crippen molar-refractivity contribution in [3.63, 3.8) is 0 Å². The van der Waals surface area contributed by atoms with Crippen molar-refractivity contribution in [1.29, 1.82) is 0 Å². The molecule has 0 heterocycles. The highest BCUT2D eigenvalue weighted by atomic mass is 35.5. The van der Waals surface area contributed by atoms with E-state index >= 15 is 0 Å². The third-order valence-electron chi connectivity index (χ3n) is 0.398. The number of alkyl halides is 3. The lowest BCUT2D eigenvalue weighted by Gasteiger charge is -1.99. The van der Waals surface area contributed by atoms with Gasteiger partial charge in [-0.05, 0) is 0 Å². The van der Waals surface area contributed by atoms with Crippen molar-refractivity contribution >= 4 is 5.84 Å². The predicted octanol–water partition coefficient (Wildman–Crippen LogP) is -2.70. The van der Waals surface area contributed by atoms with Gasteiger partial charge < -0.3 is 23.3 Å². The maximum absolute atomic E-state index is 11.0. The molecule has 0 spiro atoms. The summed E-state index contributed by atoms with van der Waals surface area (Å²) in [5, 5.41) is 9.14. The van der Waals surface area contributed by atoms with Crippen molar-refractivity contribution in [1.82, 2.24) is 0 Å². The summed E-state index contributed by atoms with van der Waals surface area (Å²) in [4.78, 5) is 0. The average molecular weight is 164 g/mol. The Morgan fingerprint density at radius 1 is 1.44 bits per heavy atom. The second-order valence-corrected chi connectivity index (χ2v) is 0.983. The van der Waals surface area contributed by atoms with E-state index in [1.54, 1.807) is 5.16 Å². The number of halogens is 4. The van der Waals surface area contributed by atoms with Gasteiger partial charge in [0.1, 0.15) is 0 Å². The lowest BCUT2D eigenvalue weighted by Crippen LogP contribution is -3.00. The highest BCUT2D eigenvalue weighted by Crippen LogP contribution is 2.13. The number of hydrogen-bond donors (Lipinski definition) is 2. The minimum Gasteiger partial charge on any atom is -1.00 e. The van der Waals surface area contributed by atoms with Gasteiger partial charge in [-0.2, -0.15) is 13.2 Å². The second-order valence-electron chi connectivity index (χ2n) is 0.983. The summed E-state index contributed by atoms with van der Waals surface area (Å²) in [5.74, 6) is -1.74. The maximum atomic E-state index is 11.0. The van der Waals surface area contributed by atoms with E-state index < -0.39 is 12.0 Å². The fraction of sp³-hybridized carbons (Fsp3) is 0.500. The van der Waals surface area contributed by atoms with Crippen molar-refractivity contribution in [2.45, 2.75) is 6.18 Å². The lowest BCUT2D eigenvalue weighted by molar-refractivity contribution is -0.0620. The second kappa shape index (κ2) is 3.39. The normalized spacial score (nSPS) is 12.6. The highest BCUT2D eigenvalue weighted by Gasteiger charge is 2.34. The molecule has 0 radical (unpaired) electrons. The third kappa shape index (κ3) is 3.89. The zero-order valence-electron chi connectivity index (χ0n) is 3.98. The standard InChI is InChI=1S/C2H3F3N2O.ClH/c3-2(4,5)1(6)7-8;/h8H,(H2,6,7);1H/p-1. The monoisotopic (exact) mass is 163 g/mol. The molecule has 0 amide bonds. The largest absolute Gasteiger partial charge is 1.00 e. The van der Waals surface area contributed by atoms with Crippen molar-refractivity contribution < 1.29 is 30.8 Å². The Morgan fingerprint density at radius 2 is 1.78 bits per heavy atom. The van der Waals surface area contributed by atoms with Gasteiger partial charge in [-0.1, -0.05) is 5.16 Å². The van der Waals surface area contributed by atoms with Gasteiger partial charge in [0.15, 0.2) is 0 Å². The van der Waals surface area contributed by atoms with Crippen molar-refractivity contribution in [2.75, 3.05) is 0 Å². The summed E-state index contributed by atoms with van der Waals surface area (Å²) < 4.78 is 33.1. The van der Waals surface area contributed by atoms with Crippen LogP contribution >= 0.6 is 0 Å². The smallest absolute Gasteiger partial charge is 0.452 e. The van der Waals surface area contributed by atoms with Crippen LogP contribution < -0.4 is 18.1 Å². The Bertz CT molecular complexity index is 111. The first kappa shape index (κ1) is 11.2.